The number of carbonyl (C=O) groups is 1. The number of halogens is 1. The Kier molecular flexibility index (Phi) is 4.58. The summed E-state index contributed by atoms with van der Waals surface area (Å²) in [6.45, 7) is 2.11. The molecule has 1 aliphatic heterocycles. The lowest BCUT2D eigenvalue weighted by atomic mass is 9.96. The molecule has 4 rings (SSSR count). The number of anilines is 1. The van der Waals surface area contributed by atoms with Gasteiger partial charge in [-0.3, -0.25) is 9.69 Å². The molecule has 3 aromatic rings. The van der Waals surface area contributed by atoms with Gasteiger partial charge in [-0.1, -0.05) is 18.2 Å². The van der Waals surface area contributed by atoms with E-state index in [-0.39, 0.29) is 11.7 Å². The zero-order valence-electron chi connectivity index (χ0n) is 15.3. The van der Waals surface area contributed by atoms with Crippen LogP contribution in [0.1, 0.15) is 12.0 Å². The van der Waals surface area contributed by atoms with Gasteiger partial charge in [0.1, 0.15) is 11.4 Å². The molecule has 3 N–H and O–H groups in total. The molecule has 1 saturated heterocycles. The maximum absolute atomic E-state index is 13.6. The van der Waals surface area contributed by atoms with Gasteiger partial charge in [-0.2, -0.15) is 0 Å². The SMILES string of the molecule is CNC(=O)C1(Nc2cccc(F)c2)CCN(Cc2cccc3[nH]ccc23)C1. The summed E-state index contributed by atoms with van der Waals surface area (Å²) in [4.78, 5) is 18.2. The third-order valence-corrected chi connectivity index (χ3v) is 5.30. The molecule has 1 unspecified atom stereocenters. The molecule has 0 aliphatic carbocycles. The standard InChI is InChI=1S/C21H23FN4O/c1-23-20(27)21(25-17-6-3-5-16(22)12-17)9-11-26(14-21)13-15-4-2-7-19-18(15)8-10-24-19/h2-8,10,12,24-25H,9,11,13-14H2,1H3,(H,23,27). The van der Waals surface area contributed by atoms with Gasteiger partial charge in [0.05, 0.1) is 0 Å². The fourth-order valence-electron chi connectivity index (χ4n) is 3.98. The van der Waals surface area contributed by atoms with Crippen molar-refractivity contribution < 1.29 is 9.18 Å². The summed E-state index contributed by atoms with van der Waals surface area (Å²) in [7, 11) is 1.64. The van der Waals surface area contributed by atoms with Crippen molar-refractivity contribution in [3.63, 3.8) is 0 Å². The Morgan fingerprint density at radius 1 is 1.26 bits per heavy atom. The number of fused-ring (bicyclic) bond motifs is 1. The number of nitrogens with zero attached hydrogens (tertiary/aromatic N) is 1. The highest BCUT2D eigenvalue weighted by Crippen LogP contribution is 2.29. The van der Waals surface area contributed by atoms with Crippen LogP contribution in [-0.4, -0.2) is 41.5 Å². The smallest absolute Gasteiger partial charge is 0.246 e. The second-order valence-corrected chi connectivity index (χ2v) is 7.11. The lowest BCUT2D eigenvalue weighted by Crippen LogP contribution is -2.53. The first kappa shape index (κ1) is 17.5. The van der Waals surface area contributed by atoms with Gasteiger partial charge in [0, 0.05) is 49.5 Å². The average Bonchev–Trinajstić information content (AvgIpc) is 3.29. The quantitative estimate of drug-likeness (QED) is 0.650. The molecule has 0 spiro atoms. The van der Waals surface area contributed by atoms with Crippen LogP contribution < -0.4 is 10.6 Å². The van der Waals surface area contributed by atoms with Crippen molar-refractivity contribution in [3.8, 4) is 0 Å². The van der Waals surface area contributed by atoms with E-state index in [4.69, 9.17) is 0 Å². The van der Waals surface area contributed by atoms with Gasteiger partial charge >= 0.3 is 0 Å². The minimum atomic E-state index is -0.769. The molecule has 2 heterocycles. The topological polar surface area (TPSA) is 60.2 Å². The maximum atomic E-state index is 13.6. The first-order valence-corrected chi connectivity index (χ1v) is 9.13. The minimum absolute atomic E-state index is 0.0749. The van der Waals surface area contributed by atoms with Crippen molar-refractivity contribution in [2.45, 2.75) is 18.5 Å². The second kappa shape index (κ2) is 7.04. The Morgan fingerprint density at radius 2 is 2.11 bits per heavy atom. The van der Waals surface area contributed by atoms with Crippen molar-refractivity contribution >= 4 is 22.5 Å². The largest absolute Gasteiger partial charge is 0.370 e. The van der Waals surface area contributed by atoms with Crippen molar-refractivity contribution in [1.29, 1.82) is 0 Å². The number of aromatic nitrogens is 1. The highest BCUT2D eigenvalue weighted by molar-refractivity contribution is 5.90. The van der Waals surface area contributed by atoms with Gasteiger partial charge in [-0.15, -0.1) is 0 Å². The van der Waals surface area contributed by atoms with E-state index in [1.165, 1.54) is 23.1 Å². The number of aromatic amines is 1. The summed E-state index contributed by atoms with van der Waals surface area (Å²) in [6.07, 6.45) is 2.60. The Bertz CT molecular complexity index is 969. The van der Waals surface area contributed by atoms with Gasteiger partial charge in [-0.05, 0) is 42.3 Å². The van der Waals surface area contributed by atoms with E-state index in [0.717, 1.165) is 18.6 Å². The predicted octanol–water partition coefficient (Wildman–Crippen LogP) is 3.11. The first-order chi connectivity index (χ1) is 13.1. The number of likely N-dealkylation sites (tertiary alicyclic amines) is 1. The average molecular weight is 366 g/mol. The summed E-state index contributed by atoms with van der Waals surface area (Å²) in [6, 6.07) is 14.6. The molecule has 0 bridgehead atoms. The molecule has 1 aromatic heterocycles. The van der Waals surface area contributed by atoms with Crippen LogP contribution in [0.4, 0.5) is 10.1 Å². The molecule has 5 nitrogen and oxygen atoms in total. The highest BCUT2D eigenvalue weighted by Gasteiger charge is 2.44. The van der Waals surface area contributed by atoms with Crippen LogP contribution in [-0.2, 0) is 11.3 Å². The van der Waals surface area contributed by atoms with Crippen LogP contribution >= 0.6 is 0 Å². The Morgan fingerprint density at radius 3 is 2.93 bits per heavy atom. The molecule has 27 heavy (non-hydrogen) atoms. The van der Waals surface area contributed by atoms with E-state index in [9.17, 15) is 9.18 Å². The summed E-state index contributed by atoms with van der Waals surface area (Å²) >= 11 is 0. The van der Waals surface area contributed by atoms with Crippen molar-refractivity contribution in [2.75, 3.05) is 25.5 Å². The second-order valence-electron chi connectivity index (χ2n) is 7.11. The lowest BCUT2D eigenvalue weighted by Gasteiger charge is -2.30. The first-order valence-electron chi connectivity index (χ1n) is 9.13. The van der Waals surface area contributed by atoms with E-state index in [0.29, 0.717) is 18.7 Å². The number of nitrogens with one attached hydrogen (secondary N) is 3. The van der Waals surface area contributed by atoms with Gasteiger partial charge in [0.2, 0.25) is 5.91 Å². The van der Waals surface area contributed by atoms with E-state index in [1.807, 2.05) is 12.3 Å². The van der Waals surface area contributed by atoms with Gasteiger partial charge < -0.3 is 15.6 Å². The van der Waals surface area contributed by atoms with E-state index in [1.54, 1.807) is 19.2 Å². The zero-order valence-corrected chi connectivity index (χ0v) is 15.3. The van der Waals surface area contributed by atoms with Gasteiger partial charge in [-0.25, -0.2) is 4.39 Å². The van der Waals surface area contributed by atoms with Crippen LogP contribution in [0.25, 0.3) is 10.9 Å². The van der Waals surface area contributed by atoms with Crippen molar-refractivity contribution in [3.05, 3.63) is 66.1 Å². The fraction of sp³-hybridized carbons (Fsp3) is 0.286. The number of amides is 1. The molecular formula is C21H23FN4O. The molecule has 6 heteroatoms. The number of rotatable bonds is 5. The third kappa shape index (κ3) is 3.40. The van der Waals surface area contributed by atoms with Crippen LogP contribution in [0.15, 0.2) is 54.7 Å². The molecule has 1 aliphatic rings. The summed E-state index contributed by atoms with van der Waals surface area (Å²) in [5, 5.41) is 7.26. The molecule has 1 fully saturated rings. The third-order valence-electron chi connectivity index (χ3n) is 5.30. The molecule has 140 valence electrons. The number of carbonyl (C=O) groups excluding carboxylic acids is 1. The van der Waals surface area contributed by atoms with E-state index >= 15 is 0 Å². The normalized spacial score (nSPS) is 20.1. The number of hydrogen-bond donors (Lipinski definition) is 3. The number of hydrogen-bond acceptors (Lipinski definition) is 3. The van der Waals surface area contributed by atoms with Gasteiger partial charge in [0.25, 0.3) is 0 Å². The summed E-state index contributed by atoms with van der Waals surface area (Å²) in [5.74, 6) is -0.393. The zero-order chi connectivity index (χ0) is 18.9. The van der Waals surface area contributed by atoms with Crippen molar-refractivity contribution in [1.82, 2.24) is 15.2 Å². The summed E-state index contributed by atoms with van der Waals surface area (Å²) < 4.78 is 13.6. The number of likely N-dealkylation sites (N-methyl/N-ethyl adjacent to an activating group) is 1. The lowest BCUT2D eigenvalue weighted by molar-refractivity contribution is -0.124. The van der Waals surface area contributed by atoms with Crippen LogP contribution in [0.3, 0.4) is 0 Å². The highest BCUT2D eigenvalue weighted by atomic mass is 19.1. The monoisotopic (exact) mass is 366 g/mol. The molecule has 0 radical (unpaired) electrons. The molecule has 1 atom stereocenters. The van der Waals surface area contributed by atoms with Crippen LogP contribution in [0, 0.1) is 5.82 Å². The molecule has 2 aromatic carbocycles. The van der Waals surface area contributed by atoms with Crippen molar-refractivity contribution in [2.24, 2.45) is 0 Å². The Labute approximate surface area is 157 Å². The van der Waals surface area contributed by atoms with Crippen LogP contribution in [0.5, 0.6) is 0 Å². The number of benzene rings is 2. The molecular weight excluding hydrogens is 343 g/mol. The Hall–Kier alpha value is -2.86. The number of H-pyrrole nitrogens is 1. The molecule has 0 saturated carbocycles. The maximum Gasteiger partial charge on any atom is 0.246 e. The predicted molar refractivity (Wildman–Crippen MR) is 105 cm³/mol. The van der Waals surface area contributed by atoms with Gasteiger partial charge in [0.15, 0.2) is 0 Å². The molecule has 1 amide bonds. The Balaban J connectivity index is 1.56. The summed E-state index contributed by atoms with van der Waals surface area (Å²) in [5.41, 5.74) is 2.19. The van der Waals surface area contributed by atoms with E-state index in [2.05, 4.69) is 38.7 Å². The van der Waals surface area contributed by atoms with Crippen LogP contribution in [0.2, 0.25) is 0 Å². The fourth-order valence-corrected chi connectivity index (χ4v) is 3.98. The minimum Gasteiger partial charge on any atom is -0.370 e. The van der Waals surface area contributed by atoms with E-state index < -0.39 is 5.54 Å².